The van der Waals surface area contributed by atoms with E-state index in [1.165, 1.54) is 18.3 Å². The molecule has 0 radical (unpaired) electrons. The molecule has 8 nitrogen and oxygen atoms in total. The second-order valence-corrected chi connectivity index (χ2v) is 10.5. The number of carbonyl (C=O) groups is 1. The van der Waals surface area contributed by atoms with E-state index in [4.69, 9.17) is 26.2 Å². The van der Waals surface area contributed by atoms with Crippen LogP contribution in [0.25, 0.3) is 6.08 Å². The Morgan fingerprint density at radius 1 is 1.27 bits per heavy atom. The SMILES string of the molecule is CC1(c2ccc(Cl)cc2F)Oc2cccc(C3CCN(Cc4ncc(/C=C/C(=O)O)n4CCOC(F)F)CC3)c2O1. The number of likely N-dealkylation sites (tertiary alicyclic amines) is 1. The fourth-order valence-electron chi connectivity index (χ4n) is 5.38. The van der Waals surface area contributed by atoms with Crippen molar-refractivity contribution in [3.63, 3.8) is 0 Å². The first-order chi connectivity index (χ1) is 19.6. The zero-order valence-corrected chi connectivity index (χ0v) is 23.0. The van der Waals surface area contributed by atoms with Crippen LogP contribution in [0.3, 0.4) is 0 Å². The molecule has 0 spiro atoms. The minimum absolute atomic E-state index is 0.107. The van der Waals surface area contributed by atoms with Crippen molar-refractivity contribution in [2.24, 2.45) is 0 Å². The van der Waals surface area contributed by atoms with Crippen molar-refractivity contribution in [2.45, 2.75) is 51.2 Å². The normalized spacial score (nSPS) is 19.5. The number of para-hydroxylation sites is 1. The van der Waals surface area contributed by atoms with Gasteiger partial charge in [0.25, 0.3) is 5.79 Å². The molecule has 2 aliphatic heterocycles. The van der Waals surface area contributed by atoms with Crippen molar-refractivity contribution in [1.29, 1.82) is 0 Å². The Morgan fingerprint density at radius 3 is 2.76 bits per heavy atom. The van der Waals surface area contributed by atoms with Crippen molar-refractivity contribution < 1.29 is 37.3 Å². The highest BCUT2D eigenvalue weighted by Gasteiger charge is 2.43. The first-order valence-corrected chi connectivity index (χ1v) is 13.5. The average Bonchev–Trinajstić information content (AvgIpc) is 3.47. The van der Waals surface area contributed by atoms with Crippen LogP contribution < -0.4 is 9.47 Å². The predicted molar refractivity (Wildman–Crippen MR) is 145 cm³/mol. The van der Waals surface area contributed by atoms with Crippen molar-refractivity contribution in [2.75, 3.05) is 19.7 Å². The number of hydrogen-bond donors (Lipinski definition) is 1. The van der Waals surface area contributed by atoms with Gasteiger partial charge in [0.15, 0.2) is 11.5 Å². The summed E-state index contributed by atoms with van der Waals surface area (Å²) in [5.41, 5.74) is 1.74. The van der Waals surface area contributed by atoms with E-state index in [-0.39, 0.29) is 29.7 Å². The Morgan fingerprint density at radius 2 is 2.05 bits per heavy atom. The smallest absolute Gasteiger partial charge is 0.345 e. The lowest BCUT2D eigenvalue weighted by molar-refractivity contribution is -0.131. The third-order valence-corrected chi connectivity index (χ3v) is 7.58. The maximum atomic E-state index is 14.7. The maximum absolute atomic E-state index is 14.7. The minimum Gasteiger partial charge on any atom is -0.478 e. The van der Waals surface area contributed by atoms with E-state index in [1.807, 2.05) is 12.1 Å². The van der Waals surface area contributed by atoms with Crippen LogP contribution in [0.1, 0.15) is 48.3 Å². The molecule has 41 heavy (non-hydrogen) atoms. The molecule has 218 valence electrons. The number of aliphatic carboxylic acids is 1. The number of carboxylic acids is 1. The van der Waals surface area contributed by atoms with E-state index in [9.17, 15) is 18.0 Å². The van der Waals surface area contributed by atoms with Crippen LogP contribution in [0.4, 0.5) is 13.2 Å². The summed E-state index contributed by atoms with van der Waals surface area (Å²) in [4.78, 5) is 17.6. The number of imidazole rings is 1. The van der Waals surface area contributed by atoms with Gasteiger partial charge >= 0.3 is 12.6 Å². The van der Waals surface area contributed by atoms with Crippen LogP contribution in [-0.4, -0.2) is 51.8 Å². The topological polar surface area (TPSA) is 86.1 Å². The molecule has 0 amide bonds. The Bertz CT molecular complexity index is 1440. The summed E-state index contributed by atoms with van der Waals surface area (Å²) in [6.45, 7) is 0.587. The molecule has 1 unspecified atom stereocenters. The molecule has 0 saturated carbocycles. The number of rotatable bonds is 10. The highest BCUT2D eigenvalue weighted by molar-refractivity contribution is 6.30. The second-order valence-electron chi connectivity index (χ2n) is 10.1. The summed E-state index contributed by atoms with van der Waals surface area (Å²) in [5, 5.41) is 9.27. The summed E-state index contributed by atoms with van der Waals surface area (Å²) in [5.74, 6) is -0.996. The van der Waals surface area contributed by atoms with Crippen LogP contribution >= 0.6 is 11.6 Å². The molecule has 3 aromatic rings. The Kier molecular flexibility index (Phi) is 8.58. The second kappa shape index (κ2) is 12.1. The van der Waals surface area contributed by atoms with Gasteiger partial charge in [-0.1, -0.05) is 23.7 Å². The fraction of sp³-hybridized carbons (Fsp3) is 0.379. The van der Waals surface area contributed by atoms with E-state index in [0.29, 0.717) is 29.6 Å². The van der Waals surface area contributed by atoms with Gasteiger partial charge in [0, 0.05) is 30.1 Å². The summed E-state index contributed by atoms with van der Waals surface area (Å²) in [7, 11) is 0. The van der Waals surface area contributed by atoms with Crippen LogP contribution in [0.15, 0.2) is 48.7 Å². The first-order valence-electron chi connectivity index (χ1n) is 13.2. The van der Waals surface area contributed by atoms with Gasteiger partial charge in [0.1, 0.15) is 11.6 Å². The Hall–Kier alpha value is -3.54. The number of carboxylic acid groups (broad SMARTS) is 1. The molecule has 0 aliphatic carbocycles. The minimum atomic E-state index is -2.89. The van der Waals surface area contributed by atoms with Crippen LogP contribution in [0, 0.1) is 5.82 Å². The quantitative estimate of drug-likeness (QED) is 0.288. The molecule has 5 rings (SSSR count). The molecule has 3 heterocycles. The number of piperidine rings is 1. The van der Waals surface area contributed by atoms with Crippen LogP contribution in [0.2, 0.25) is 5.02 Å². The summed E-state index contributed by atoms with van der Waals surface area (Å²) in [6, 6.07) is 10.1. The van der Waals surface area contributed by atoms with Crippen molar-refractivity contribution in [3.8, 4) is 11.5 Å². The van der Waals surface area contributed by atoms with Crippen LogP contribution in [0.5, 0.6) is 11.5 Å². The van der Waals surface area contributed by atoms with Gasteiger partial charge in [-0.25, -0.2) is 14.2 Å². The third kappa shape index (κ3) is 6.52. The lowest BCUT2D eigenvalue weighted by Gasteiger charge is -2.32. The van der Waals surface area contributed by atoms with Gasteiger partial charge in [-0.15, -0.1) is 0 Å². The number of hydrogen-bond acceptors (Lipinski definition) is 6. The van der Waals surface area contributed by atoms with E-state index >= 15 is 0 Å². The monoisotopic (exact) mass is 591 g/mol. The first kappa shape index (κ1) is 29.0. The molecule has 1 fully saturated rings. The number of ether oxygens (including phenoxy) is 3. The molecule has 12 heteroatoms. The molecule has 1 N–H and O–H groups in total. The summed E-state index contributed by atoms with van der Waals surface area (Å²) >= 11 is 5.93. The molecular weight excluding hydrogens is 563 g/mol. The Labute approximate surface area is 239 Å². The zero-order valence-electron chi connectivity index (χ0n) is 22.2. The summed E-state index contributed by atoms with van der Waals surface area (Å²) < 4.78 is 58.3. The molecule has 2 aromatic carbocycles. The van der Waals surface area contributed by atoms with Crippen molar-refractivity contribution >= 4 is 23.6 Å². The predicted octanol–water partition coefficient (Wildman–Crippen LogP) is 6.04. The molecular formula is C29H29ClF3N3O5. The zero-order chi connectivity index (χ0) is 29.1. The largest absolute Gasteiger partial charge is 0.478 e. The molecule has 2 aliphatic rings. The van der Waals surface area contributed by atoms with E-state index < -0.39 is 24.2 Å². The van der Waals surface area contributed by atoms with Gasteiger partial charge in [-0.2, -0.15) is 8.78 Å². The van der Waals surface area contributed by atoms with E-state index in [2.05, 4.69) is 14.6 Å². The lowest BCUT2D eigenvalue weighted by atomic mass is 9.88. The number of nitrogens with zero attached hydrogens (tertiary/aromatic N) is 3. The van der Waals surface area contributed by atoms with Crippen molar-refractivity contribution in [3.05, 3.63) is 82.2 Å². The standard InChI is InChI=1S/C29H29ClF3N3O5/c1-29(22-7-5-19(30)15-23(22)31)40-24-4-2-3-21(27(24)41-29)18-9-11-35(12-10-18)17-25-34-16-20(6-8-26(37)38)36(25)13-14-39-28(32)33/h2-8,15-16,18,28H,9-14,17H2,1H3,(H,37,38)/b8-6+. The number of aromatic nitrogens is 2. The maximum Gasteiger partial charge on any atom is 0.345 e. The third-order valence-electron chi connectivity index (χ3n) is 7.35. The van der Waals surface area contributed by atoms with Gasteiger partial charge in [0.2, 0.25) is 0 Å². The molecule has 1 saturated heterocycles. The van der Waals surface area contributed by atoms with Gasteiger partial charge in [-0.3, -0.25) is 4.90 Å². The number of fused-ring (bicyclic) bond motifs is 1. The molecule has 1 aromatic heterocycles. The van der Waals surface area contributed by atoms with E-state index in [1.54, 1.807) is 29.7 Å². The Balaban J connectivity index is 1.26. The van der Waals surface area contributed by atoms with Gasteiger partial charge < -0.3 is 23.9 Å². The van der Waals surface area contributed by atoms with E-state index in [0.717, 1.165) is 37.6 Å². The lowest BCUT2D eigenvalue weighted by Crippen LogP contribution is -2.34. The van der Waals surface area contributed by atoms with Gasteiger partial charge in [-0.05, 0) is 62.2 Å². The molecule has 1 atom stereocenters. The fourth-order valence-corrected chi connectivity index (χ4v) is 5.53. The van der Waals surface area contributed by atoms with Gasteiger partial charge in [0.05, 0.1) is 30.6 Å². The molecule has 0 bridgehead atoms. The number of halogens is 4. The highest BCUT2D eigenvalue weighted by atomic mass is 35.5. The number of benzene rings is 2. The number of alkyl halides is 2. The summed E-state index contributed by atoms with van der Waals surface area (Å²) in [6.07, 6.45) is 5.51. The highest BCUT2D eigenvalue weighted by Crippen LogP contribution is 2.49. The average molecular weight is 592 g/mol. The van der Waals surface area contributed by atoms with Crippen molar-refractivity contribution in [1.82, 2.24) is 14.5 Å². The van der Waals surface area contributed by atoms with Crippen LogP contribution in [-0.2, 0) is 28.4 Å².